The van der Waals surface area contributed by atoms with Crippen LogP contribution in [0.4, 0.5) is 0 Å². The number of ketones is 1. The maximum absolute atomic E-state index is 13.5. The molecule has 7 aromatic rings. The number of aryl methyl sites for hydroxylation is 1. The van der Waals surface area contributed by atoms with E-state index >= 15 is 0 Å². The van der Waals surface area contributed by atoms with Crippen LogP contribution in [-0.4, -0.2) is 59.2 Å². The first-order chi connectivity index (χ1) is 26.5. The lowest BCUT2D eigenvalue weighted by Crippen LogP contribution is -2.47. The Bertz CT molecular complexity index is 2310. The van der Waals surface area contributed by atoms with Crippen LogP contribution in [0.15, 0.2) is 140 Å². The quantitative estimate of drug-likeness (QED) is 0.135. The summed E-state index contributed by atoms with van der Waals surface area (Å²) in [4.78, 5) is 31.1. The number of aliphatic hydroxyl groups excluding tert-OH is 1. The van der Waals surface area contributed by atoms with Crippen molar-refractivity contribution < 1.29 is 14.7 Å². The van der Waals surface area contributed by atoms with E-state index in [0.29, 0.717) is 30.3 Å². The van der Waals surface area contributed by atoms with Gasteiger partial charge in [0, 0.05) is 25.1 Å². The molecule has 0 radical (unpaired) electrons. The Morgan fingerprint density at radius 3 is 1.89 bits per heavy atom. The van der Waals surface area contributed by atoms with Crippen LogP contribution in [0, 0.1) is 0 Å². The molecule has 10 nitrogen and oxygen atoms in total. The minimum absolute atomic E-state index is 0.151. The lowest BCUT2D eigenvalue weighted by atomic mass is 9.77. The summed E-state index contributed by atoms with van der Waals surface area (Å²) in [7, 11) is 0. The van der Waals surface area contributed by atoms with Crippen LogP contribution >= 0.6 is 0 Å². The molecule has 54 heavy (non-hydrogen) atoms. The van der Waals surface area contributed by atoms with Gasteiger partial charge >= 0.3 is 0 Å². The van der Waals surface area contributed by atoms with Gasteiger partial charge in [0.15, 0.2) is 11.5 Å². The van der Waals surface area contributed by atoms with E-state index in [9.17, 15) is 14.7 Å². The molecule has 10 heteroatoms. The van der Waals surface area contributed by atoms with E-state index in [0.717, 1.165) is 45.4 Å². The fraction of sp³-hybridized carbons (Fsp3) is 0.182. The predicted molar refractivity (Wildman–Crippen MR) is 206 cm³/mol. The number of aliphatic hydroxyl groups is 1. The molecule has 1 aliphatic heterocycles. The number of hydrogen-bond donors (Lipinski definition) is 2. The number of carbonyl (C=O) groups is 2. The average molecular weight is 714 g/mol. The number of hydrogen-bond acceptors (Lipinski definition) is 7. The zero-order valence-electron chi connectivity index (χ0n) is 29.8. The highest BCUT2D eigenvalue weighted by Gasteiger charge is 2.42. The van der Waals surface area contributed by atoms with Crippen LogP contribution in [0.2, 0.25) is 0 Å². The monoisotopic (exact) mass is 713 g/mol. The van der Waals surface area contributed by atoms with E-state index in [4.69, 9.17) is 10.3 Å². The third-order valence-corrected chi connectivity index (χ3v) is 10.1. The van der Waals surface area contributed by atoms with E-state index in [1.165, 1.54) is 0 Å². The van der Waals surface area contributed by atoms with Gasteiger partial charge in [-0.25, -0.2) is 9.67 Å². The highest BCUT2D eigenvalue weighted by atomic mass is 16.3. The Balaban J connectivity index is 1.21. The number of tetrazole rings is 1. The SMILES string of the molecule is CCCc1nc2c(n1Cc1ccc(-c3ccccc3-c3nnnn3C(c3ccccc3)(c3ccccc3)c3ccccc3)cc1)C(=O)C(CCO)NC2=O. The fourth-order valence-electron chi connectivity index (χ4n) is 7.67. The molecule has 8 rings (SSSR count). The highest BCUT2D eigenvalue weighted by molar-refractivity contribution is 6.13. The second kappa shape index (κ2) is 14.8. The second-order valence-corrected chi connectivity index (χ2v) is 13.4. The lowest BCUT2D eigenvalue weighted by molar-refractivity contribution is 0.0801. The van der Waals surface area contributed by atoms with Crippen molar-refractivity contribution in [2.75, 3.05) is 6.61 Å². The summed E-state index contributed by atoms with van der Waals surface area (Å²) >= 11 is 0. The van der Waals surface area contributed by atoms with E-state index < -0.39 is 11.6 Å². The summed E-state index contributed by atoms with van der Waals surface area (Å²) in [5.74, 6) is 0.684. The van der Waals surface area contributed by atoms with E-state index in [-0.39, 0.29) is 30.4 Å². The second-order valence-electron chi connectivity index (χ2n) is 13.4. The summed E-state index contributed by atoms with van der Waals surface area (Å²) in [6.07, 6.45) is 1.58. The van der Waals surface area contributed by atoms with Crippen molar-refractivity contribution in [3.8, 4) is 22.5 Å². The molecule has 0 saturated carbocycles. The molecule has 0 saturated heterocycles. The lowest BCUT2D eigenvalue weighted by Gasteiger charge is -2.36. The maximum Gasteiger partial charge on any atom is 0.272 e. The molecule has 0 aliphatic carbocycles. The third kappa shape index (κ3) is 6.00. The van der Waals surface area contributed by atoms with Crippen molar-refractivity contribution in [2.24, 2.45) is 0 Å². The topological polar surface area (TPSA) is 128 Å². The van der Waals surface area contributed by atoms with Gasteiger partial charge in [-0.2, -0.15) is 0 Å². The first-order valence-electron chi connectivity index (χ1n) is 18.2. The predicted octanol–water partition coefficient (Wildman–Crippen LogP) is 6.72. The minimum Gasteiger partial charge on any atom is -0.396 e. The molecule has 5 aromatic carbocycles. The van der Waals surface area contributed by atoms with Crippen molar-refractivity contribution in [3.05, 3.63) is 179 Å². The van der Waals surface area contributed by atoms with Crippen molar-refractivity contribution in [1.29, 1.82) is 0 Å². The number of amides is 1. The van der Waals surface area contributed by atoms with Crippen molar-refractivity contribution in [3.63, 3.8) is 0 Å². The standard InChI is InChI=1S/C44H39N7O3/c1-2-14-38-46-39-40(41(53)37(27-28-52)45-43(39)54)50(38)29-30-23-25-31(26-24-30)35-21-12-13-22-36(35)42-47-48-49-51(42)44(32-15-6-3-7-16-32,33-17-8-4-9-18-33)34-19-10-5-11-20-34/h3-13,15-26,37,52H,2,14,27-29H2,1H3,(H,45,54). The molecule has 2 aromatic heterocycles. The largest absolute Gasteiger partial charge is 0.396 e. The van der Waals surface area contributed by atoms with Gasteiger partial charge < -0.3 is 15.0 Å². The fourth-order valence-corrected chi connectivity index (χ4v) is 7.67. The number of rotatable bonds is 12. The van der Waals surface area contributed by atoms with Gasteiger partial charge in [0.05, 0.1) is 6.04 Å². The van der Waals surface area contributed by atoms with Crippen LogP contribution in [0.25, 0.3) is 22.5 Å². The zero-order chi connectivity index (χ0) is 37.1. The third-order valence-electron chi connectivity index (χ3n) is 10.1. The molecule has 3 heterocycles. The minimum atomic E-state index is -0.899. The van der Waals surface area contributed by atoms with E-state index in [2.05, 4.69) is 70.1 Å². The van der Waals surface area contributed by atoms with Gasteiger partial charge in [0.1, 0.15) is 17.1 Å². The Kier molecular flexibility index (Phi) is 9.50. The first-order valence-corrected chi connectivity index (χ1v) is 18.2. The molecule has 1 amide bonds. The van der Waals surface area contributed by atoms with Gasteiger partial charge in [-0.05, 0) is 56.6 Å². The summed E-state index contributed by atoms with van der Waals surface area (Å²) in [5.41, 5.74) is 6.34. The Labute approximate surface area is 313 Å². The normalized spacial score (nSPS) is 14.1. The molecule has 268 valence electrons. The molecular weight excluding hydrogens is 675 g/mol. The maximum atomic E-state index is 13.5. The van der Waals surface area contributed by atoms with Gasteiger partial charge in [-0.1, -0.05) is 146 Å². The number of carbonyl (C=O) groups excluding carboxylic acids is 2. The molecule has 0 bridgehead atoms. The number of nitrogens with zero attached hydrogens (tertiary/aromatic N) is 6. The van der Waals surface area contributed by atoms with E-state index in [1.807, 2.05) is 101 Å². The molecule has 1 atom stereocenters. The van der Waals surface area contributed by atoms with Crippen molar-refractivity contribution >= 4 is 11.7 Å². The van der Waals surface area contributed by atoms with E-state index in [1.54, 1.807) is 0 Å². The van der Waals surface area contributed by atoms with Crippen LogP contribution in [0.1, 0.15) is 68.8 Å². The Morgan fingerprint density at radius 2 is 1.31 bits per heavy atom. The van der Waals surface area contributed by atoms with Gasteiger partial charge in [0.2, 0.25) is 5.78 Å². The molecule has 1 aliphatic rings. The Hall–Kier alpha value is -6.52. The highest BCUT2D eigenvalue weighted by Crippen LogP contribution is 2.43. The number of Topliss-reactive ketones (excluding diaryl/α,β-unsaturated/α-hetero) is 1. The van der Waals surface area contributed by atoms with Crippen LogP contribution in [-0.2, 0) is 18.5 Å². The van der Waals surface area contributed by atoms with Crippen LogP contribution in [0.5, 0.6) is 0 Å². The molecule has 0 spiro atoms. The summed E-state index contributed by atoms with van der Waals surface area (Å²) < 4.78 is 3.81. The number of fused-ring (bicyclic) bond motifs is 1. The molecular formula is C44H39N7O3. The van der Waals surface area contributed by atoms with Crippen LogP contribution in [0.3, 0.4) is 0 Å². The van der Waals surface area contributed by atoms with Gasteiger partial charge in [-0.15, -0.1) is 5.10 Å². The number of imidazole rings is 1. The number of nitrogens with one attached hydrogen (secondary N) is 1. The van der Waals surface area contributed by atoms with Crippen LogP contribution < -0.4 is 5.32 Å². The summed E-state index contributed by atoms with van der Waals surface area (Å²) in [5, 5.41) is 26.0. The van der Waals surface area contributed by atoms with Crippen molar-refractivity contribution in [1.82, 2.24) is 35.1 Å². The average Bonchev–Trinajstić information content (AvgIpc) is 3.85. The molecule has 0 fully saturated rings. The molecule has 2 N–H and O–H groups in total. The van der Waals surface area contributed by atoms with Gasteiger partial charge in [0.25, 0.3) is 5.91 Å². The Morgan fingerprint density at radius 1 is 0.741 bits per heavy atom. The number of benzene rings is 5. The first kappa shape index (κ1) is 34.6. The zero-order valence-corrected chi connectivity index (χ0v) is 29.8. The number of aromatic nitrogens is 6. The summed E-state index contributed by atoms with van der Waals surface area (Å²) in [6.45, 7) is 2.21. The summed E-state index contributed by atoms with van der Waals surface area (Å²) in [6, 6.07) is 46.5. The van der Waals surface area contributed by atoms with Crippen molar-refractivity contribution in [2.45, 2.75) is 44.3 Å². The molecule has 1 unspecified atom stereocenters. The van der Waals surface area contributed by atoms with Gasteiger partial charge in [-0.3, -0.25) is 9.59 Å². The smallest absolute Gasteiger partial charge is 0.272 e.